The van der Waals surface area contributed by atoms with E-state index in [9.17, 15) is 9.59 Å². The largest absolute Gasteiger partial charge is 0.493 e. The second-order valence-corrected chi connectivity index (χ2v) is 6.28. The molecule has 30 heavy (non-hydrogen) atoms. The molecule has 3 rings (SSSR count). The van der Waals surface area contributed by atoms with Crippen molar-refractivity contribution >= 4 is 28.9 Å². The summed E-state index contributed by atoms with van der Waals surface area (Å²) in [6, 6.07) is 10.6. The molecule has 156 valence electrons. The van der Waals surface area contributed by atoms with Gasteiger partial charge in [-0.1, -0.05) is 18.2 Å². The molecule has 0 atom stereocenters. The summed E-state index contributed by atoms with van der Waals surface area (Å²) in [6.45, 7) is 2.02. The molecular formula is C23H23NO6. The number of para-hydroxylation sites is 1. The Morgan fingerprint density at radius 1 is 1.00 bits per heavy atom. The Balaban J connectivity index is 1.97. The maximum atomic E-state index is 12.8. The van der Waals surface area contributed by atoms with E-state index in [1.54, 1.807) is 31.3 Å². The number of fused-ring (bicyclic) bond motifs is 1. The molecule has 7 nitrogen and oxygen atoms in total. The molecule has 0 aliphatic heterocycles. The molecule has 0 saturated carbocycles. The molecule has 3 aromatic rings. The summed E-state index contributed by atoms with van der Waals surface area (Å²) in [7, 11) is 4.48. The van der Waals surface area contributed by atoms with E-state index in [1.807, 2.05) is 24.3 Å². The Morgan fingerprint density at radius 3 is 2.27 bits per heavy atom. The minimum absolute atomic E-state index is 0.248. The van der Waals surface area contributed by atoms with Crippen molar-refractivity contribution in [1.29, 1.82) is 0 Å². The number of rotatable bonds is 7. The Bertz CT molecular complexity index is 1090. The molecule has 1 aromatic heterocycles. The summed E-state index contributed by atoms with van der Waals surface area (Å²) in [5, 5.41) is 0.833. The van der Waals surface area contributed by atoms with Gasteiger partial charge in [-0.05, 0) is 37.3 Å². The van der Waals surface area contributed by atoms with Crippen molar-refractivity contribution in [3.05, 3.63) is 59.8 Å². The van der Waals surface area contributed by atoms with Crippen LogP contribution in [-0.2, 0) is 4.74 Å². The Hall–Kier alpha value is -3.74. The number of aromatic nitrogens is 1. The second kappa shape index (κ2) is 9.17. The highest BCUT2D eigenvalue weighted by atomic mass is 16.5. The second-order valence-electron chi connectivity index (χ2n) is 6.28. The fourth-order valence-corrected chi connectivity index (χ4v) is 3.17. The maximum absolute atomic E-state index is 12.8. The Kier molecular flexibility index (Phi) is 6.41. The lowest BCUT2D eigenvalue weighted by Crippen LogP contribution is -2.11. The molecule has 0 radical (unpaired) electrons. The van der Waals surface area contributed by atoms with E-state index in [0.29, 0.717) is 28.3 Å². The number of carbonyl (C=O) groups is 2. The lowest BCUT2D eigenvalue weighted by Gasteiger charge is -2.13. The van der Waals surface area contributed by atoms with Crippen molar-refractivity contribution in [3.8, 4) is 17.2 Å². The molecule has 2 aromatic carbocycles. The van der Waals surface area contributed by atoms with Gasteiger partial charge in [0, 0.05) is 22.7 Å². The topological polar surface area (TPSA) is 76.0 Å². The fraction of sp³-hybridized carbons (Fsp3) is 0.217. The highest BCUT2D eigenvalue weighted by Gasteiger charge is 2.16. The lowest BCUT2D eigenvalue weighted by molar-refractivity contribution is 0.104. The summed E-state index contributed by atoms with van der Waals surface area (Å²) in [5.41, 5.74) is 1.81. The molecule has 0 bridgehead atoms. The van der Waals surface area contributed by atoms with E-state index in [2.05, 4.69) is 0 Å². The first-order valence-corrected chi connectivity index (χ1v) is 9.33. The number of nitrogens with zero attached hydrogens (tertiary/aromatic N) is 1. The molecule has 7 heteroatoms. The van der Waals surface area contributed by atoms with Crippen molar-refractivity contribution in [2.45, 2.75) is 6.92 Å². The number of allylic oxidation sites excluding steroid dienone is 1. The predicted octanol–water partition coefficient (Wildman–Crippen LogP) is 4.57. The molecule has 0 amide bonds. The van der Waals surface area contributed by atoms with E-state index in [0.717, 1.165) is 10.9 Å². The van der Waals surface area contributed by atoms with Crippen LogP contribution in [0.5, 0.6) is 17.2 Å². The molecule has 0 aliphatic carbocycles. The zero-order chi connectivity index (χ0) is 21.7. The summed E-state index contributed by atoms with van der Waals surface area (Å²) in [5.74, 6) is 0.959. The Labute approximate surface area is 174 Å². The number of ketones is 1. The summed E-state index contributed by atoms with van der Waals surface area (Å²) in [6.07, 6.45) is 4.30. The number of methoxy groups -OCH3 is 3. The normalized spacial score (nSPS) is 10.9. The molecular weight excluding hydrogens is 386 g/mol. The highest BCUT2D eigenvalue weighted by Crippen LogP contribution is 2.38. The molecule has 0 aliphatic rings. The van der Waals surface area contributed by atoms with Crippen LogP contribution >= 0.6 is 0 Å². The van der Waals surface area contributed by atoms with Gasteiger partial charge in [-0.25, -0.2) is 4.79 Å². The van der Waals surface area contributed by atoms with Crippen LogP contribution < -0.4 is 14.2 Å². The van der Waals surface area contributed by atoms with Gasteiger partial charge in [0.1, 0.15) is 0 Å². The zero-order valence-electron chi connectivity index (χ0n) is 17.3. The van der Waals surface area contributed by atoms with Gasteiger partial charge in [0.05, 0.1) is 33.5 Å². The number of carbonyl (C=O) groups excluding carboxylic acids is 2. The van der Waals surface area contributed by atoms with Gasteiger partial charge >= 0.3 is 6.09 Å². The fourth-order valence-electron chi connectivity index (χ4n) is 3.17. The van der Waals surface area contributed by atoms with E-state index >= 15 is 0 Å². The van der Waals surface area contributed by atoms with Gasteiger partial charge < -0.3 is 18.9 Å². The third-order valence-electron chi connectivity index (χ3n) is 4.57. The van der Waals surface area contributed by atoms with Crippen LogP contribution in [0.25, 0.3) is 17.0 Å². The van der Waals surface area contributed by atoms with Crippen molar-refractivity contribution in [2.75, 3.05) is 27.9 Å². The number of benzene rings is 2. The molecule has 0 fully saturated rings. The van der Waals surface area contributed by atoms with Crippen molar-refractivity contribution in [3.63, 3.8) is 0 Å². The van der Waals surface area contributed by atoms with Crippen LogP contribution in [0.2, 0.25) is 0 Å². The molecule has 0 unspecified atom stereocenters. The number of ether oxygens (including phenoxy) is 4. The van der Waals surface area contributed by atoms with E-state index in [1.165, 1.54) is 32.0 Å². The van der Waals surface area contributed by atoms with Crippen LogP contribution in [-0.4, -0.2) is 44.4 Å². The number of hydrogen-bond donors (Lipinski definition) is 0. The average molecular weight is 409 g/mol. The monoisotopic (exact) mass is 409 g/mol. The van der Waals surface area contributed by atoms with E-state index < -0.39 is 6.09 Å². The lowest BCUT2D eigenvalue weighted by atomic mass is 10.1. The van der Waals surface area contributed by atoms with Gasteiger partial charge in [0.15, 0.2) is 17.3 Å². The molecule has 1 heterocycles. The Morgan fingerprint density at radius 2 is 1.67 bits per heavy atom. The van der Waals surface area contributed by atoms with Crippen LogP contribution in [0.1, 0.15) is 22.8 Å². The third-order valence-corrected chi connectivity index (χ3v) is 4.57. The quantitative estimate of drug-likeness (QED) is 0.420. The van der Waals surface area contributed by atoms with Crippen LogP contribution in [0.3, 0.4) is 0 Å². The van der Waals surface area contributed by atoms with Crippen molar-refractivity contribution < 1.29 is 28.5 Å². The smallest absolute Gasteiger partial charge is 0.418 e. The molecule has 0 N–H and O–H groups in total. The first-order valence-electron chi connectivity index (χ1n) is 9.33. The van der Waals surface area contributed by atoms with E-state index in [-0.39, 0.29) is 12.4 Å². The number of hydrogen-bond acceptors (Lipinski definition) is 6. The first kappa shape index (κ1) is 21.0. The van der Waals surface area contributed by atoms with Crippen molar-refractivity contribution in [1.82, 2.24) is 4.57 Å². The maximum Gasteiger partial charge on any atom is 0.418 e. The third kappa shape index (κ3) is 4.00. The minimum Gasteiger partial charge on any atom is -0.493 e. The minimum atomic E-state index is -0.468. The van der Waals surface area contributed by atoms with Crippen LogP contribution in [0, 0.1) is 0 Å². The first-order chi connectivity index (χ1) is 14.5. The standard InChI is InChI=1S/C23H23NO6/c1-5-30-23(26)24-14-15(17-8-6-7-9-18(17)24)10-11-19(25)16-12-20(27-2)22(29-4)21(13-16)28-3/h6-14H,5H2,1-4H3/b11-10+. The molecule has 0 spiro atoms. The zero-order valence-corrected chi connectivity index (χ0v) is 17.3. The predicted molar refractivity (Wildman–Crippen MR) is 114 cm³/mol. The van der Waals surface area contributed by atoms with Gasteiger partial charge in [-0.15, -0.1) is 0 Å². The van der Waals surface area contributed by atoms with Gasteiger partial charge in [-0.3, -0.25) is 9.36 Å². The average Bonchev–Trinajstić information content (AvgIpc) is 3.15. The van der Waals surface area contributed by atoms with Gasteiger partial charge in [0.2, 0.25) is 5.75 Å². The van der Waals surface area contributed by atoms with E-state index in [4.69, 9.17) is 18.9 Å². The summed E-state index contributed by atoms with van der Waals surface area (Å²) in [4.78, 5) is 25.0. The van der Waals surface area contributed by atoms with Crippen LogP contribution in [0.4, 0.5) is 4.79 Å². The van der Waals surface area contributed by atoms with Crippen LogP contribution in [0.15, 0.2) is 48.7 Å². The summed E-state index contributed by atoms with van der Waals surface area (Å²) >= 11 is 0. The summed E-state index contributed by atoms with van der Waals surface area (Å²) < 4.78 is 22.4. The SMILES string of the molecule is CCOC(=O)n1cc(/C=C/C(=O)c2cc(OC)c(OC)c(OC)c2)c2ccccc21. The van der Waals surface area contributed by atoms with Gasteiger partial charge in [-0.2, -0.15) is 0 Å². The molecule has 0 saturated heterocycles. The van der Waals surface area contributed by atoms with Crippen molar-refractivity contribution in [2.24, 2.45) is 0 Å². The highest BCUT2D eigenvalue weighted by molar-refractivity contribution is 6.08. The van der Waals surface area contributed by atoms with Gasteiger partial charge in [0.25, 0.3) is 0 Å².